The Morgan fingerprint density at radius 2 is 1.86 bits per heavy atom. The summed E-state index contributed by atoms with van der Waals surface area (Å²) in [6.45, 7) is 5.60. The molecule has 118 valence electrons. The molecule has 1 unspecified atom stereocenters. The lowest BCUT2D eigenvalue weighted by Crippen LogP contribution is -2.34. The van der Waals surface area contributed by atoms with Gasteiger partial charge in [0, 0.05) is 6.04 Å². The minimum Gasteiger partial charge on any atom is -0.496 e. The normalized spacial score (nSPS) is 17.9. The smallest absolute Gasteiger partial charge is 0.122 e. The molecule has 1 aromatic rings. The third-order valence-electron chi connectivity index (χ3n) is 4.78. The van der Waals surface area contributed by atoms with Gasteiger partial charge in [-0.3, -0.25) is 0 Å². The molecule has 0 bridgehead atoms. The highest BCUT2D eigenvalue weighted by Gasteiger charge is 2.24. The average molecular weight is 289 g/mol. The minimum absolute atomic E-state index is 0.564. The van der Waals surface area contributed by atoms with Gasteiger partial charge in [-0.25, -0.2) is 0 Å². The van der Waals surface area contributed by atoms with E-state index in [4.69, 9.17) is 4.74 Å². The number of hydrogen-bond acceptors (Lipinski definition) is 2. The second-order valence-corrected chi connectivity index (χ2v) is 6.74. The van der Waals surface area contributed by atoms with Crippen LogP contribution in [0.4, 0.5) is 0 Å². The molecule has 1 saturated carbocycles. The van der Waals surface area contributed by atoms with E-state index in [0.29, 0.717) is 6.04 Å². The summed E-state index contributed by atoms with van der Waals surface area (Å²) >= 11 is 0. The fraction of sp³-hybridized carbons (Fsp3) is 0.684. The van der Waals surface area contributed by atoms with E-state index in [1.807, 2.05) is 0 Å². The Labute approximate surface area is 130 Å². The highest BCUT2D eigenvalue weighted by Crippen LogP contribution is 2.33. The molecule has 21 heavy (non-hydrogen) atoms. The zero-order valence-corrected chi connectivity index (χ0v) is 13.9. The fourth-order valence-electron chi connectivity index (χ4n) is 3.55. The third kappa shape index (κ3) is 5.03. The molecular formula is C19H31NO. The van der Waals surface area contributed by atoms with Crippen LogP contribution in [0.3, 0.4) is 0 Å². The van der Waals surface area contributed by atoms with Crippen molar-refractivity contribution in [2.45, 2.75) is 58.4 Å². The summed E-state index contributed by atoms with van der Waals surface area (Å²) < 4.78 is 5.54. The molecule has 0 aromatic heterocycles. The van der Waals surface area contributed by atoms with E-state index in [2.05, 4.69) is 43.4 Å². The van der Waals surface area contributed by atoms with Crippen molar-refractivity contribution in [1.29, 1.82) is 0 Å². The van der Waals surface area contributed by atoms with Gasteiger partial charge in [0.15, 0.2) is 0 Å². The van der Waals surface area contributed by atoms with Gasteiger partial charge in [-0.15, -0.1) is 0 Å². The van der Waals surface area contributed by atoms with Gasteiger partial charge in [-0.2, -0.15) is 0 Å². The van der Waals surface area contributed by atoms with Crippen molar-refractivity contribution in [2.75, 3.05) is 13.7 Å². The van der Waals surface area contributed by atoms with Crippen LogP contribution < -0.4 is 10.1 Å². The molecule has 1 N–H and O–H groups in total. The topological polar surface area (TPSA) is 21.3 Å². The second kappa shape index (κ2) is 8.43. The van der Waals surface area contributed by atoms with Gasteiger partial charge in [0.2, 0.25) is 0 Å². The van der Waals surface area contributed by atoms with Gasteiger partial charge < -0.3 is 10.1 Å². The van der Waals surface area contributed by atoms with Crippen molar-refractivity contribution in [3.05, 3.63) is 29.8 Å². The van der Waals surface area contributed by atoms with Crippen LogP contribution in [0.1, 0.15) is 51.5 Å². The lowest BCUT2D eigenvalue weighted by molar-refractivity contribution is 0.234. The van der Waals surface area contributed by atoms with Gasteiger partial charge in [0.05, 0.1) is 7.11 Å². The van der Waals surface area contributed by atoms with Crippen molar-refractivity contribution in [3.63, 3.8) is 0 Å². The van der Waals surface area contributed by atoms with Gasteiger partial charge in [-0.05, 0) is 36.4 Å². The monoisotopic (exact) mass is 289 g/mol. The lowest BCUT2D eigenvalue weighted by atomic mass is 9.77. The fourth-order valence-corrected chi connectivity index (χ4v) is 3.55. The number of rotatable bonds is 7. The zero-order chi connectivity index (χ0) is 15.1. The number of ether oxygens (including phenoxy) is 1. The molecule has 2 rings (SSSR count). The van der Waals surface area contributed by atoms with Crippen molar-refractivity contribution in [2.24, 2.45) is 11.8 Å². The summed E-state index contributed by atoms with van der Waals surface area (Å²) in [4.78, 5) is 0. The Morgan fingerprint density at radius 3 is 2.52 bits per heavy atom. The second-order valence-electron chi connectivity index (χ2n) is 6.74. The highest BCUT2D eigenvalue weighted by molar-refractivity contribution is 5.33. The van der Waals surface area contributed by atoms with Crippen LogP contribution in [0.5, 0.6) is 5.75 Å². The molecule has 0 radical (unpaired) electrons. The summed E-state index contributed by atoms with van der Waals surface area (Å²) in [5.74, 6) is 2.64. The SMILES string of the molecule is COc1ccccc1CC(CNC(C)C)C1CCCCC1. The Bertz CT molecular complexity index is 410. The highest BCUT2D eigenvalue weighted by atomic mass is 16.5. The Morgan fingerprint density at radius 1 is 1.14 bits per heavy atom. The van der Waals surface area contributed by atoms with Crippen molar-refractivity contribution >= 4 is 0 Å². The molecular weight excluding hydrogens is 258 g/mol. The summed E-state index contributed by atoms with van der Waals surface area (Å²) in [5, 5.41) is 3.66. The molecule has 1 aliphatic carbocycles. The molecule has 0 saturated heterocycles. The first kappa shape index (κ1) is 16.4. The number of benzene rings is 1. The van der Waals surface area contributed by atoms with Crippen LogP contribution in [-0.2, 0) is 6.42 Å². The van der Waals surface area contributed by atoms with Crippen LogP contribution >= 0.6 is 0 Å². The van der Waals surface area contributed by atoms with Gasteiger partial charge in [0.25, 0.3) is 0 Å². The number of nitrogens with one attached hydrogen (secondary N) is 1. The molecule has 1 aromatic carbocycles. The largest absolute Gasteiger partial charge is 0.496 e. The first-order valence-corrected chi connectivity index (χ1v) is 8.56. The van der Waals surface area contributed by atoms with Crippen LogP contribution in [0.2, 0.25) is 0 Å². The van der Waals surface area contributed by atoms with Crippen molar-refractivity contribution in [3.8, 4) is 5.75 Å². The molecule has 1 fully saturated rings. The summed E-state index contributed by atoms with van der Waals surface area (Å²) in [6.07, 6.45) is 8.19. The molecule has 2 heteroatoms. The quantitative estimate of drug-likeness (QED) is 0.801. The van der Waals surface area contributed by atoms with E-state index in [0.717, 1.165) is 30.6 Å². The molecule has 0 spiro atoms. The molecule has 0 heterocycles. The van der Waals surface area contributed by atoms with Gasteiger partial charge in [-0.1, -0.05) is 64.2 Å². The maximum absolute atomic E-state index is 5.54. The van der Waals surface area contributed by atoms with Crippen LogP contribution in [0, 0.1) is 11.8 Å². The number of para-hydroxylation sites is 1. The van der Waals surface area contributed by atoms with Crippen molar-refractivity contribution < 1.29 is 4.74 Å². The predicted octanol–water partition coefficient (Wildman–Crippen LogP) is 4.43. The summed E-state index contributed by atoms with van der Waals surface area (Å²) in [6, 6.07) is 9.07. The Balaban J connectivity index is 2.06. The van der Waals surface area contributed by atoms with E-state index in [-0.39, 0.29) is 0 Å². The molecule has 2 nitrogen and oxygen atoms in total. The molecule has 1 atom stereocenters. The maximum Gasteiger partial charge on any atom is 0.122 e. The standard InChI is InChI=1S/C19H31NO/c1-15(2)20-14-18(16-9-5-4-6-10-16)13-17-11-7-8-12-19(17)21-3/h7-8,11-12,15-16,18,20H,4-6,9-10,13-14H2,1-3H3. The minimum atomic E-state index is 0.564. The van der Waals surface area contributed by atoms with Crippen molar-refractivity contribution in [1.82, 2.24) is 5.32 Å². The van der Waals surface area contributed by atoms with Crippen LogP contribution in [0.25, 0.3) is 0 Å². The Hall–Kier alpha value is -1.02. The predicted molar refractivity (Wildman–Crippen MR) is 89.9 cm³/mol. The third-order valence-corrected chi connectivity index (χ3v) is 4.78. The lowest BCUT2D eigenvalue weighted by Gasteiger charge is -2.31. The number of methoxy groups -OCH3 is 1. The Kier molecular flexibility index (Phi) is 6.56. The van der Waals surface area contributed by atoms with Gasteiger partial charge >= 0.3 is 0 Å². The van der Waals surface area contributed by atoms with E-state index in [1.54, 1.807) is 7.11 Å². The van der Waals surface area contributed by atoms with E-state index >= 15 is 0 Å². The van der Waals surface area contributed by atoms with Crippen LogP contribution in [0.15, 0.2) is 24.3 Å². The first-order chi connectivity index (χ1) is 10.2. The molecule has 0 amide bonds. The summed E-state index contributed by atoms with van der Waals surface area (Å²) in [7, 11) is 1.78. The van der Waals surface area contributed by atoms with E-state index in [1.165, 1.54) is 37.7 Å². The average Bonchev–Trinajstić information content (AvgIpc) is 2.52. The molecule has 1 aliphatic rings. The molecule has 0 aliphatic heterocycles. The van der Waals surface area contributed by atoms with Crippen LogP contribution in [-0.4, -0.2) is 19.7 Å². The van der Waals surface area contributed by atoms with Gasteiger partial charge in [0.1, 0.15) is 5.75 Å². The maximum atomic E-state index is 5.54. The van der Waals surface area contributed by atoms with E-state index < -0.39 is 0 Å². The first-order valence-electron chi connectivity index (χ1n) is 8.56. The number of hydrogen-bond donors (Lipinski definition) is 1. The zero-order valence-electron chi connectivity index (χ0n) is 13.9. The van der Waals surface area contributed by atoms with E-state index in [9.17, 15) is 0 Å². The summed E-state index contributed by atoms with van der Waals surface area (Å²) in [5.41, 5.74) is 1.36.